The second kappa shape index (κ2) is 7.60. The summed E-state index contributed by atoms with van der Waals surface area (Å²) < 4.78 is 5.41. The van der Waals surface area contributed by atoms with E-state index in [-0.39, 0.29) is 5.78 Å². The molecule has 0 amide bonds. The summed E-state index contributed by atoms with van der Waals surface area (Å²) in [4.78, 5) is 17.0. The summed E-state index contributed by atoms with van der Waals surface area (Å²) in [5, 5.41) is 0. The lowest BCUT2D eigenvalue weighted by Gasteiger charge is -2.31. The summed E-state index contributed by atoms with van der Waals surface area (Å²) in [5.74, 6) is 1.03. The molecule has 3 rings (SSSR count). The van der Waals surface area contributed by atoms with Crippen LogP contribution in [-0.4, -0.2) is 62.5 Å². The number of carbonyl (C=O) groups excluding carboxylic acids is 1. The summed E-state index contributed by atoms with van der Waals surface area (Å²) >= 11 is 0. The maximum Gasteiger partial charge on any atom is 0.176 e. The molecule has 126 valence electrons. The SMILES string of the molecule is COc1ccccc1-c1ccc(C(=O)CN2CCN(C)CC2)cc1. The average Bonchev–Trinajstić information content (AvgIpc) is 2.63. The fraction of sp³-hybridized carbons (Fsp3) is 0.350. The molecule has 1 heterocycles. The summed E-state index contributed by atoms with van der Waals surface area (Å²) in [7, 11) is 3.79. The van der Waals surface area contributed by atoms with Crippen LogP contribution < -0.4 is 4.74 Å². The van der Waals surface area contributed by atoms with Gasteiger partial charge in [-0.25, -0.2) is 0 Å². The van der Waals surface area contributed by atoms with E-state index in [1.54, 1.807) is 7.11 Å². The number of hydrogen-bond donors (Lipinski definition) is 0. The third-order valence-electron chi connectivity index (χ3n) is 4.59. The zero-order valence-corrected chi connectivity index (χ0v) is 14.4. The number of piperazine rings is 1. The van der Waals surface area contributed by atoms with Crippen molar-refractivity contribution in [3.05, 3.63) is 54.1 Å². The van der Waals surface area contributed by atoms with Gasteiger partial charge in [-0.3, -0.25) is 9.69 Å². The molecular formula is C20H24N2O2. The predicted octanol–water partition coefficient (Wildman–Crippen LogP) is 2.79. The van der Waals surface area contributed by atoms with Crippen LogP contribution in [0.25, 0.3) is 11.1 Å². The number of likely N-dealkylation sites (N-methyl/N-ethyl adjacent to an activating group) is 1. The lowest BCUT2D eigenvalue weighted by molar-refractivity contribution is 0.0876. The highest BCUT2D eigenvalue weighted by Gasteiger charge is 2.17. The first kappa shape index (κ1) is 16.7. The topological polar surface area (TPSA) is 32.8 Å². The van der Waals surface area contributed by atoms with Crippen LogP contribution in [0.1, 0.15) is 10.4 Å². The quantitative estimate of drug-likeness (QED) is 0.792. The molecule has 2 aromatic rings. The van der Waals surface area contributed by atoms with E-state index in [2.05, 4.69) is 16.8 Å². The maximum absolute atomic E-state index is 12.5. The van der Waals surface area contributed by atoms with Gasteiger partial charge >= 0.3 is 0 Å². The van der Waals surface area contributed by atoms with Gasteiger partial charge < -0.3 is 9.64 Å². The van der Waals surface area contributed by atoms with Gasteiger partial charge in [0.15, 0.2) is 5.78 Å². The van der Waals surface area contributed by atoms with Gasteiger partial charge in [-0.15, -0.1) is 0 Å². The van der Waals surface area contributed by atoms with Crippen LogP contribution >= 0.6 is 0 Å². The standard InChI is InChI=1S/C20H24N2O2/c1-21-11-13-22(14-12-21)15-19(23)17-9-7-16(8-10-17)18-5-3-4-6-20(18)24-2/h3-10H,11-15H2,1-2H3. The number of nitrogens with zero attached hydrogens (tertiary/aromatic N) is 2. The maximum atomic E-state index is 12.5. The third kappa shape index (κ3) is 3.83. The number of ketones is 1. The van der Waals surface area contributed by atoms with E-state index in [1.165, 1.54) is 0 Å². The second-order valence-electron chi connectivity index (χ2n) is 6.28. The van der Waals surface area contributed by atoms with Crippen molar-refractivity contribution in [2.24, 2.45) is 0 Å². The molecule has 0 aromatic heterocycles. The molecule has 0 bridgehead atoms. The number of ether oxygens (including phenoxy) is 1. The Morgan fingerprint density at radius 3 is 2.33 bits per heavy atom. The van der Waals surface area contributed by atoms with Crippen LogP contribution in [0.5, 0.6) is 5.75 Å². The van der Waals surface area contributed by atoms with Crippen molar-refractivity contribution in [1.82, 2.24) is 9.80 Å². The second-order valence-corrected chi connectivity index (χ2v) is 6.28. The average molecular weight is 324 g/mol. The number of benzene rings is 2. The molecule has 0 unspecified atom stereocenters. The fourth-order valence-electron chi connectivity index (χ4n) is 3.02. The number of rotatable bonds is 5. The van der Waals surface area contributed by atoms with Crippen molar-refractivity contribution in [2.75, 3.05) is 46.9 Å². The molecule has 24 heavy (non-hydrogen) atoms. The Bertz CT molecular complexity index is 689. The highest BCUT2D eigenvalue weighted by Crippen LogP contribution is 2.29. The Kier molecular flexibility index (Phi) is 5.28. The van der Waals surface area contributed by atoms with Crippen molar-refractivity contribution >= 4 is 5.78 Å². The van der Waals surface area contributed by atoms with Gasteiger partial charge in [0, 0.05) is 37.3 Å². The van der Waals surface area contributed by atoms with E-state index in [9.17, 15) is 4.79 Å². The lowest BCUT2D eigenvalue weighted by Crippen LogP contribution is -2.46. The first-order valence-corrected chi connectivity index (χ1v) is 8.35. The Hall–Kier alpha value is -2.17. The molecule has 2 aromatic carbocycles. The van der Waals surface area contributed by atoms with Gasteiger partial charge in [0.05, 0.1) is 13.7 Å². The smallest absolute Gasteiger partial charge is 0.176 e. The Balaban J connectivity index is 1.69. The van der Waals surface area contributed by atoms with Crippen molar-refractivity contribution in [2.45, 2.75) is 0 Å². The predicted molar refractivity (Wildman–Crippen MR) is 96.7 cm³/mol. The summed E-state index contributed by atoms with van der Waals surface area (Å²) in [6.45, 7) is 4.48. The molecule has 0 radical (unpaired) electrons. The number of hydrogen-bond acceptors (Lipinski definition) is 4. The minimum atomic E-state index is 0.186. The van der Waals surface area contributed by atoms with Crippen LogP contribution in [0, 0.1) is 0 Å². The minimum Gasteiger partial charge on any atom is -0.496 e. The first-order chi connectivity index (χ1) is 11.7. The number of para-hydroxylation sites is 1. The summed E-state index contributed by atoms with van der Waals surface area (Å²) in [6, 6.07) is 15.7. The van der Waals surface area contributed by atoms with Gasteiger partial charge in [-0.1, -0.05) is 42.5 Å². The van der Waals surface area contributed by atoms with Crippen LogP contribution in [0.3, 0.4) is 0 Å². The normalized spacial score (nSPS) is 16.1. The first-order valence-electron chi connectivity index (χ1n) is 8.35. The van der Waals surface area contributed by atoms with Gasteiger partial charge in [-0.05, 0) is 18.7 Å². The molecule has 1 aliphatic rings. The number of carbonyl (C=O) groups is 1. The molecule has 1 fully saturated rings. The van der Waals surface area contributed by atoms with Crippen molar-refractivity contribution in [3.8, 4) is 16.9 Å². The van der Waals surface area contributed by atoms with Crippen LogP contribution in [0.2, 0.25) is 0 Å². The zero-order chi connectivity index (χ0) is 16.9. The van der Waals surface area contributed by atoms with Crippen LogP contribution in [0.15, 0.2) is 48.5 Å². The van der Waals surface area contributed by atoms with E-state index in [0.717, 1.165) is 48.6 Å². The molecule has 4 nitrogen and oxygen atoms in total. The van der Waals surface area contributed by atoms with Crippen molar-refractivity contribution in [3.63, 3.8) is 0 Å². The lowest BCUT2D eigenvalue weighted by atomic mass is 10.0. The third-order valence-corrected chi connectivity index (χ3v) is 4.59. The molecule has 1 aliphatic heterocycles. The minimum absolute atomic E-state index is 0.186. The molecule has 0 saturated carbocycles. The van der Waals surface area contributed by atoms with Crippen molar-refractivity contribution < 1.29 is 9.53 Å². The Labute approximate surface area is 143 Å². The summed E-state index contributed by atoms with van der Waals surface area (Å²) in [5.41, 5.74) is 2.87. The zero-order valence-electron chi connectivity index (χ0n) is 14.4. The highest BCUT2D eigenvalue weighted by molar-refractivity contribution is 5.98. The Morgan fingerprint density at radius 2 is 1.67 bits per heavy atom. The monoisotopic (exact) mass is 324 g/mol. The molecular weight excluding hydrogens is 300 g/mol. The van der Waals surface area contributed by atoms with Gasteiger partial charge in [0.25, 0.3) is 0 Å². The number of Topliss-reactive ketones (excluding diaryl/α,β-unsaturated/α-hetero) is 1. The molecule has 1 saturated heterocycles. The van der Waals surface area contributed by atoms with E-state index < -0.39 is 0 Å². The van der Waals surface area contributed by atoms with Crippen LogP contribution in [-0.2, 0) is 0 Å². The molecule has 0 spiro atoms. The van der Waals surface area contributed by atoms with Gasteiger partial charge in [0.1, 0.15) is 5.75 Å². The molecule has 0 aliphatic carbocycles. The van der Waals surface area contributed by atoms with Crippen molar-refractivity contribution in [1.29, 1.82) is 0 Å². The van der Waals surface area contributed by atoms with E-state index in [4.69, 9.17) is 4.74 Å². The molecule has 0 atom stereocenters. The van der Waals surface area contributed by atoms with E-state index in [1.807, 2.05) is 48.5 Å². The van der Waals surface area contributed by atoms with Crippen LogP contribution in [0.4, 0.5) is 0 Å². The van der Waals surface area contributed by atoms with E-state index in [0.29, 0.717) is 6.54 Å². The van der Waals surface area contributed by atoms with Gasteiger partial charge in [0.2, 0.25) is 0 Å². The summed E-state index contributed by atoms with van der Waals surface area (Å²) in [6.07, 6.45) is 0. The van der Waals surface area contributed by atoms with Gasteiger partial charge in [-0.2, -0.15) is 0 Å². The Morgan fingerprint density at radius 1 is 1.00 bits per heavy atom. The largest absolute Gasteiger partial charge is 0.496 e. The molecule has 4 heteroatoms. The van der Waals surface area contributed by atoms with E-state index >= 15 is 0 Å². The highest BCUT2D eigenvalue weighted by atomic mass is 16.5. The number of methoxy groups -OCH3 is 1. The molecule has 0 N–H and O–H groups in total. The fourth-order valence-corrected chi connectivity index (χ4v) is 3.02.